The fourth-order valence-electron chi connectivity index (χ4n) is 4.35. The molecule has 4 aromatic rings. The van der Waals surface area contributed by atoms with Gasteiger partial charge in [-0.15, -0.1) is 0 Å². The van der Waals surface area contributed by atoms with E-state index in [-0.39, 0.29) is 19.0 Å². The van der Waals surface area contributed by atoms with Crippen molar-refractivity contribution in [1.82, 2.24) is 19.4 Å². The number of nitrogens with one attached hydrogen (secondary N) is 1. The molecule has 5 rings (SSSR count). The van der Waals surface area contributed by atoms with Crippen LogP contribution in [0.25, 0.3) is 28.2 Å². The van der Waals surface area contributed by atoms with Crippen molar-refractivity contribution in [3.63, 3.8) is 0 Å². The van der Waals surface area contributed by atoms with E-state index < -0.39 is 12.7 Å². The van der Waals surface area contributed by atoms with Gasteiger partial charge in [0.15, 0.2) is 0 Å². The van der Waals surface area contributed by atoms with Crippen molar-refractivity contribution in [3.05, 3.63) is 84.0 Å². The lowest BCUT2D eigenvalue weighted by atomic mass is 10.0. The summed E-state index contributed by atoms with van der Waals surface area (Å²) >= 11 is 0. The second-order valence-corrected chi connectivity index (χ2v) is 8.59. The minimum atomic E-state index is -4.24. The third-order valence-corrected chi connectivity index (χ3v) is 5.97. The van der Waals surface area contributed by atoms with Gasteiger partial charge in [-0.1, -0.05) is 12.1 Å². The monoisotopic (exact) mass is 477 g/mol. The van der Waals surface area contributed by atoms with Crippen molar-refractivity contribution < 1.29 is 18.0 Å². The number of alkyl halides is 3. The standard InChI is InChI=1S/C26H22F3N5O/c1-33-16-31-23-6-3-17(11-24(23)33)22-8-9-30-12-18(22)4-7-25(35)32-21-5-2-19-13-34(14-20(19)10-21)15-26(27,28)29/h2-12,16H,13-15H2,1H3,(H,32,35). The summed E-state index contributed by atoms with van der Waals surface area (Å²) in [5.74, 6) is -0.341. The number of rotatable bonds is 5. The van der Waals surface area contributed by atoms with Gasteiger partial charge in [-0.3, -0.25) is 14.7 Å². The minimum absolute atomic E-state index is 0.203. The zero-order chi connectivity index (χ0) is 24.6. The molecule has 35 heavy (non-hydrogen) atoms. The Morgan fingerprint density at radius 2 is 1.94 bits per heavy atom. The number of aromatic nitrogens is 3. The number of amides is 1. The first-order valence-electron chi connectivity index (χ1n) is 11.0. The van der Waals surface area contributed by atoms with E-state index in [1.807, 2.05) is 35.9 Å². The number of anilines is 1. The number of aryl methyl sites for hydroxylation is 1. The van der Waals surface area contributed by atoms with Crippen molar-refractivity contribution in [2.75, 3.05) is 11.9 Å². The molecule has 3 heterocycles. The average molecular weight is 477 g/mol. The van der Waals surface area contributed by atoms with E-state index in [0.717, 1.165) is 38.9 Å². The lowest BCUT2D eigenvalue weighted by Crippen LogP contribution is -2.29. The van der Waals surface area contributed by atoms with Crippen molar-refractivity contribution in [2.45, 2.75) is 19.3 Å². The molecule has 0 aliphatic carbocycles. The molecule has 0 atom stereocenters. The average Bonchev–Trinajstić information content (AvgIpc) is 3.38. The predicted octanol–water partition coefficient (Wildman–Crippen LogP) is 5.17. The van der Waals surface area contributed by atoms with Crippen LogP contribution in [0.2, 0.25) is 0 Å². The normalized spacial score (nSPS) is 14.1. The molecule has 1 aliphatic heterocycles. The van der Waals surface area contributed by atoms with Crippen LogP contribution in [0.4, 0.5) is 18.9 Å². The van der Waals surface area contributed by atoms with Crippen molar-refractivity contribution >= 4 is 28.7 Å². The van der Waals surface area contributed by atoms with Gasteiger partial charge in [-0.05, 0) is 58.7 Å². The number of halogens is 3. The van der Waals surface area contributed by atoms with Gasteiger partial charge < -0.3 is 9.88 Å². The maximum atomic E-state index is 12.7. The van der Waals surface area contributed by atoms with E-state index in [0.29, 0.717) is 5.69 Å². The van der Waals surface area contributed by atoms with Crippen LogP contribution in [-0.4, -0.2) is 38.1 Å². The van der Waals surface area contributed by atoms with E-state index in [4.69, 9.17) is 0 Å². The fraction of sp³-hybridized carbons (Fsp3) is 0.192. The smallest absolute Gasteiger partial charge is 0.334 e. The van der Waals surface area contributed by atoms with Crippen molar-refractivity contribution in [2.24, 2.45) is 7.05 Å². The minimum Gasteiger partial charge on any atom is -0.334 e. The lowest BCUT2D eigenvalue weighted by Gasteiger charge is -2.16. The molecule has 1 aliphatic rings. The Morgan fingerprint density at radius 1 is 1.11 bits per heavy atom. The summed E-state index contributed by atoms with van der Waals surface area (Å²) in [5.41, 5.74) is 6.75. The lowest BCUT2D eigenvalue weighted by molar-refractivity contribution is -0.147. The zero-order valence-electron chi connectivity index (χ0n) is 18.9. The van der Waals surface area contributed by atoms with Gasteiger partial charge in [0.05, 0.1) is 23.9 Å². The van der Waals surface area contributed by atoms with E-state index in [1.165, 1.54) is 11.0 Å². The summed E-state index contributed by atoms with van der Waals surface area (Å²) in [6.45, 7) is -0.501. The summed E-state index contributed by atoms with van der Waals surface area (Å²) < 4.78 is 40.0. The van der Waals surface area contributed by atoms with Crippen molar-refractivity contribution in [1.29, 1.82) is 0 Å². The number of fused-ring (bicyclic) bond motifs is 2. The molecule has 0 bridgehead atoms. The van der Waals surface area contributed by atoms with Crippen LogP contribution in [0.1, 0.15) is 16.7 Å². The molecule has 0 spiro atoms. The molecule has 0 unspecified atom stereocenters. The molecule has 6 nitrogen and oxygen atoms in total. The summed E-state index contributed by atoms with van der Waals surface area (Å²) in [7, 11) is 1.93. The Balaban J connectivity index is 1.30. The van der Waals surface area contributed by atoms with Crippen LogP contribution in [-0.2, 0) is 24.9 Å². The number of imidazole rings is 1. The predicted molar refractivity (Wildman–Crippen MR) is 128 cm³/mol. The largest absolute Gasteiger partial charge is 0.401 e. The van der Waals surface area contributed by atoms with Gasteiger partial charge in [0.1, 0.15) is 0 Å². The molecule has 1 amide bonds. The number of hydrogen-bond acceptors (Lipinski definition) is 4. The van der Waals surface area contributed by atoms with Crippen LogP contribution in [0.3, 0.4) is 0 Å². The molecule has 0 fully saturated rings. The third-order valence-electron chi connectivity index (χ3n) is 5.97. The molecule has 0 saturated carbocycles. The molecular formula is C26H22F3N5O. The summed E-state index contributed by atoms with van der Waals surface area (Å²) in [6, 6.07) is 13.1. The van der Waals surface area contributed by atoms with E-state index in [9.17, 15) is 18.0 Å². The summed E-state index contributed by atoms with van der Waals surface area (Å²) in [4.78, 5) is 22.5. The highest BCUT2D eigenvalue weighted by molar-refractivity contribution is 6.02. The van der Waals surface area contributed by atoms with Crippen LogP contribution in [0, 0.1) is 0 Å². The maximum Gasteiger partial charge on any atom is 0.401 e. The molecular weight excluding hydrogens is 455 g/mol. The molecule has 0 saturated heterocycles. The molecule has 2 aromatic carbocycles. The number of hydrogen-bond donors (Lipinski definition) is 1. The van der Waals surface area contributed by atoms with Crippen LogP contribution in [0.5, 0.6) is 0 Å². The first kappa shape index (κ1) is 22.8. The molecule has 9 heteroatoms. The first-order chi connectivity index (χ1) is 16.7. The highest BCUT2D eigenvalue weighted by atomic mass is 19.4. The highest BCUT2D eigenvalue weighted by Gasteiger charge is 2.33. The van der Waals surface area contributed by atoms with E-state index in [2.05, 4.69) is 15.3 Å². The van der Waals surface area contributed by atoms with Gasteiger partial charge in [0.25, 0.3) is 0 Å². The van der Waals surface area contributed by atoms with Gasteiger partial charge >= 0.3 is 6.18 Å². The second kappa shape index (κ2) is 8.99. The highest BCUT2D eigenvalue weighted by Crippen LogP contribution is 2.29. The molecule has 2 aromatic heterocycles. The van der Waals surface area contributed by atoms with Crippen LogP contribution >= 0.6 is 0 Å². The van der Waals surface area contributed by atoms with Crippen LogP contribution < -0.4 is 5.32 Å². The molecule has 1 N–H and O–H groups in total. The second-order valence-electron chi connectivity index (χ2n) is 8.59. The Kier molecular flexibility index (Phi) is 5.86. The molecule has 178 valence electrons. The Bertz CT molecular complexity index is 1440. The SMILES string of the molecule is Cn1cnc2ccc(-c3ccncc3C=CC(=O)Nc3ccc4c(c3)CN(CC(F)(F)F)C4)cc21. The first-order valence-corrected chi connectivity index (χ1v) is 11.0. The quantitative estimate of drug-likeness (QED) is 0.403. The number of carbonyl (C=O) groups is 1. The third kappa shape index (κ3) is 5.09. The Hall–Kier alpha value is -3.98. The zero-order valence-corrected chi connectivity index (χ0v) is 18.9. The van der Waals surface area contributed by atoms with Gasteiger partial charge in [0, 0.05) is 49.9 Å². The van der Waals surface area contributed by atoms with Gasteiger partial charge in [-0.2, -0.15) is 13.2 Å². The number of pyridine rings is 1. The number of carbonyl (C=O) groups excluding carboxylic acids is 1. The Morgan fingerprint density at radius 3 is 2.77 bits per heavy atom. The summed E-state index contributed by atoms with van der Waals surface area (Å²) in [6.07, 6.45) is 4.04. The van der Waals surface area contributed by atoms with Gasteiger partial charge in [0.2, 0.25) is 5.91 Å². The number of nitrogens with zero attached hydrogens (tertiary/aromatic N) is 4. The van der Waals surface area contributed by atoms with Crippen LogP contribution in [0.15, 0.2) is 67.3 Å². The maximum absolute atomic E-state index is 12.7. The fourth-order valence-corrected chi connectivity index (χ4v) is 4.35. The Labute approximate surface area is 199 Å². The number of benzene rings is 2. The van der Waals surface area contributed by atoms with E-state index >= 15 is 0 Å². The molecule has 0 radical (unpaired) electrons. The van der Waals surface area contributed by atoms with Crippen molar-refractivity contribution in [3.8, 4) is 11.1 Å². The van der Waals surface area contributed by atoms with E-state index in [1.54, 1.807) is 43.0 Å². The van der Waals surface area contributed by atoms with Gasteiger partial charge in [-0.25, -0.2) is 4.98 Å². The topological polar surface area (TPSA) is 63.1 Å². The summed E-state index contributed by atoms with van der Waals surface area (Å²) in [5, 5.41) is 2.79.